The standard InChI is InChI=1S/C22H22ClN3O4S/c1-12-19(31-21(24-12)13-6-9-17(29-4)18(10-13)30-5)20(27)25-14-7-8-16(23)15(11-14)22(28)26(2)3/h6-11H,1-5H3,(H,25,27). The number of halogens is 1. The van der Waals surface area contributed by atoms with Crippen molar-refractivity contribution in [3.63, 3.8) is 0 Å². The van der Waals surface area contributed by atoms with E-state index in [0.29, 0.717) is 43.4 Å². The van der Waals surface area contributed by atoms with Crippen molar-refractivity contribution in [2.24, 2.45) is 0 Å². The molecule has 0 spiro atoms. The number of hydrogen-bond acceptors (Lipinski definition) is 6. The maximum atomic E-state index is 12.9. The van der Waals surface area contributed by atoms with Crippen LogP contribution in [0.2, 0.25) is 5.02 Å². The lowest BCUT2D eigenvalue weighted by Crippen LogP contribution is -2.22. The maximum absolute atomic E-state index is 12.9. The van der Waals surface area contributed by atoms with E-state index in [2.05, 4.69) is 10.3 Å². The summed E-state index contributed by atoms with van der Waals surface area (Å²) in [5.41, 5.74) is 2.21. The molecule has 1 heterocycles. The van der Waals surface area contributed by atoms with E-state index in [-0.39, 0.29) is 11.8 Å². The quantitative estimate of drug-likeness (QED) is 0.575. The molecule has 31 heavy (non-hydrogen) atoms. The summed E-state index contributed by atoms with van der Waals surface area (Å²) in [6.45, 7) is 1.78. The largest absolute Gasteiger partial charge is 0.493 e. The van der Waals surface area contributed by atoms with Crippen LogP contribution in [0.3, 0.4) is 0 Å². The summed E-state index contributed by atoms with van der Waals surface area (Å²) < 4.78 is 10.6. The number of carbonyl (C=O) groups is 2. The van der Waals surface area contributed by atoms with E-state index in [0.717, 1.165) is 5.56 Å². The van der Waals surface area contributed by atoms with Gasteiger partial charge in [-0.3, -0.25) is 9.59 Å². The molecule has 2 aromatic carbocycles. The van der Waals surface area contributed by atoms with Gasteiger partial charge in [-0.15, -0.1) is 11.3 Å². The van der Waals surface area contributed by atoms with Crippen molar-refractivity contribution in [2.45, 2.75) is 6.92 Å². The van der Waals surface area contributed by atoms with Crippen LogP contribution in [-0.2, 0) is 0 Å². The fourth-order valence-electron chi connectivity index (χ4n) is 2.90. The highest BCUT2D eigenvalue weighted by atomic mass is 35.5. The molecule has 3 aromatic rings. The molecule has 0 aliphatic rings. The van der Waals surface area contributed by atoms with Crippen molar-refractivity contribution in [3.05, 3.63) is 57.6 Å². The number of aromatic nitrogens is 1. The molecular weight excluding hydrogens is 438 g/mol. The van der Waals surface area contributed by atoms with Crippen LogP contribution < -0.4 is 14.8 Å². The molecule has 0 saturated carbocycles. The molecule has 1 aromatic heterocycles. The maximum Gasteiger partial charge on any atom is 0.267 e. The van der Waals surface area contributed by atoms with Gasteiger partial charge in [0.25, 0.3) is 11.8 Å². The highest BCUT2D eigenvalue weighted by molar-refractivity contribution is 7.17. The fraction of sp³-hybridized carbons (Fsp3) is 0.227. The molecule has 0 aliphatic heterocycles. The number of methoxy groups -OCH3 is 2. The molecule has 0 aliphatic carbocycles. The van der Waals surface area contributed by atoms with Gasteiger partial charge in [0.2, 0.25) is 0 Å². The SMILES string of the molecule is COc1ccc(-c2nc(C)c(C(=O)Nc3ccc(Cl)c(C(=O)N(C)C)c3)s2)cc1OC. The molecule has 0 fully saturated rings. The van der Waals surface area contributed by atoms with E-state index in [1.54, 1.807) is 59.5 Å². The zero-order valence-corrected chi connectivity index (χ0v) is 19.4. The van der Waals surface area contributed by atoms with Crippen LogP contribution in [0.25, 0.3) is 10.6 Å². The summed E-state index contributed by atoms with van der Waals surface area (Å²) in [7, 11) is 6.41. The number of thiazole rings is 1. The van der Waals surface area contributed by atoms with E-state index in [1.807, 2.05) is 12.1 Å². The summed E-state index contributed by atoms with van der Waals surface area (Å²) in [5, 5.41) is 3.83. The number of benzene rings is 2. The van der Waals surface area contributed by atoms with Crippen LogP contribution in [0.5, 0.6) is 11.5 Å². The van der Waals surface area contributed by atoms with E-state index >= 15 is 0 Å². The summed E-state index contributed by atoms with van der Waals surface area (Å²) in [5.74, 6) is 0.638. The Balaban J connectivity index is 1.87. The molecule has 7 nitrogen and oxygen atoms in total. The van der Waals surface area contributed by atoms with Gasteiger partial charge in [0.15, 0.2) is 11.5 Å². The number of anilines is 1. The third kappa shape index (κ3) is 4.81. The number of carbonyl (C=O) groups excluding carboxylic acids is 2. The molecule has 3 rings (SSSR count). The predicted molar refractivity (Wildman–Crippen MR) is 123 cm³/mol. The molecule has 9 heteroatoms. The number of hydrogen-bond donors (Lipinski definition) is 1. The Bertz CT molecular complexity index is 1140. The van der Waals surface area contributed by atoms with Crippen molar-refractivity contribution in [1.29, 1.82) is 0 Å². The Labute approximate surface area is 189 Å². The van der Waals surface area contributed by atoms with Crippen molar-refractivity contribution in [2.75, 3.05) is 33.6 Å². The van der Waals surface area contributed by atoms with Crippen LogP contribution in [0.15, 0.2) is 36.4 Å². The average Bonchev–Trinajstić information content (AvgIpc) is 3.15. The third-order valence-electron chi connectivity index (χ3n) is 4.49. The van der Waals surface area contributed by atoms with Gasteiger partial charge >= 0.3 is 0 Å². The number of nitrogens with zero attached hydrogens (tertiary/aromatic N) is 2. The summed E-state index contributed by atoms with van der Waals surface area (Å²) in [4.78, 5) is 31.6. The number of amides is 2. The molecule has 0 radical (unpaired) electrons. The Morgan fingerprint density at radius 2 is 1.77 bits per heavy atom. The van der Waals surface area contributed by atoms with Crippen LogP contribution in [0.1, 0.15) is 25.7 Å². The minimum Gasteiger partial charge on any atom is -0.493 e. The van der Waals surface area contributed by atoms with Gasteiger partial charge in [-0.25, -0.2) is 4.98 Å². The van der Waals surface area contributed by atoms with E-state index in [4.69, 9.17) is 21.1 Å². The molecule has 1 N–H and O–H groups in total. The van der Waals surface area contributed by atoms with Gasteiger partial charge in [-0.05, 0) is 43.3 Å². The lowest BCUT2D eigenvalue weighted by atomic mass is 10.1. The Morgan fingerprint density at radius 3 is 2.42 bits per heavy atom. The van der Waals surface area contributed by atoms with Crippen molar-refractivity contribution >= 4 is 40.4 Å². The molecule has 2 amide bonds. The van der Waals surface area contributed by atoms with Gasteiger partial charge in [0.1, 0.15) is 9.88 Å². The average molecular weight is 460 g/mol. The molecule has 0 bridgehead atoms. The minimum absolute atomic E-state index is 0.245. The third-order valence-corrected chi connectivity index (χ3v) is 6.03. The summed E-state index contributed by atoms with van der Waals surface area (Å²) in [6.07, 6.45) is 0. The monoisotopic (exact) mass is 459 g/mol. The Morgan fingerprint density at radius 1 is 1.06 bits per heavy atom. The first-order valence-corrected chi connectivity index (χ1v) is 10.5. The predicted octanol–water partition coefficient (Wildman–Crippen LogP) is 4.74. The van der Waals surface area contributed by atoms with Crippen molar-refractivity contribution in [1.82, 2.24) is 9.88 Å². The van der Waals surface area contributed by atoms with E-state index < -0.39 is 0 Å². The van der Waals surface area contributed by atoms with Crippen LogP contribution in [-0.4, -0.2) is 50.0 Å². The smallest absolute Gasteiger partial charge is 0.267 e. The number of aryl methyl sites for hydroxylation is 1. The van der Waals surface area contributed by atoms with E-state index in [9.17, 15) is 9.59 Å². The van der Waals surface area contributed by atoms with Crippen molar-refractivity contribution < 1.29 is 19.1 Å². The van der Waals surface area contributed by atoms with E-state index in [1.165, 1.54) is 16.2 Å². The molecule has 0 atom stereocenters. The van der Waals surface area contributed by atoms with Gasteiger partial charge in [0.05, 0.1) is 30.5 Å². The van der Waals surface area contributed by atoms with Crippen LogP contribution >= 0.6 is 22.9 Å². The van der Waals surface area contributed by atoms with Crippen LogP contribution in [0, 0.1) is 6.92 Å². The second kappa shape index (κ2) is 9.36. The Hall–Kier alpha value is -3.10. The minimum atomic E-state index is -0.313. The first-order valence-electron chi connectivity index (χ1n) is 9.27. The second-order valence-corrected chi connectivity index (χ2v) is 8.26. The lowest BCUT2D eigenvalue weighted by molar-refractivity contribution is 0.0827. The topological polar surface area (TPSA) is 80.8 Å². The second-order valence-electron chi connectivity index (χ2n) is 6.85. The summed E-state index contributed by atoms with van der Waals surface area (Å²) in [6, 6.07) is 10.3. The molecule has 0 unspecified atom stereocenters. The normalized spacial score (nSPS) is 10.5. The lowest BCUT2D eigenvalue weighted by Gasteiger charge is -2.13. The highest BCUT2D eigenvalue weighted by Gasteiger charge is 2.19. The summed E-state index contributed by atoms with van der Waals surface area (Å²) >= 11 is 7.41. The molecular formula is C22H22ClN3O4S. The number of nitrogens with one attached hydrogen (secondary N) is 1. The van der Waals surface area contributed by atoms with Crippen molar-refractivity contribution in [3.8, 4) is 22.1 Å². The van der Waals surface area contributed by atoms with Crippen LogP contribution in [0.4, 0.5) is 5.69 Å². The van der Waals surface area contributed by atoms with Gasteiger partial charge in [-0.1, -0.05) is 11.6 Å². The number of ether oxygens (including phenoxy) is 2. The molecule has 0 saturated heterocycles. The first-order chi connectivity index (χ1) is 14.7. The van der Waals surface area contributed by atoms with Gasteiger partial charge in [0, 0.05) is 25.3 Å². The zero-order chi connectivity index (χ0) is 22.7. The number of rotatable bonds is 6. The molecule has 162 valence electrons. The van der Waals surface area contributed by atoms with Gasteiger partial charge in [-0.2, -0.15) is 0 Å². The highest BCUT2D eigenvalue weighted by Crippen LogP contribution is 2.35. The fourth-order valence-corrected chi connectivity index (χ4v) is 4.05. The first kappa shape index (κ1) is 22.6. The zero-order valence-electron chi connectivity index (χ0n) is 17.8. The Kier molecular flexibility index (Phi) is 6.82. The van der Waals surface area contributed by atoms with Gasteiger partial charge < -0.3 is 19.7 Å².